The minimum Gasteiger partial charge on any atom is -0.372 e. The number of carbonyl (C=O) groups excluding carboxylic acids is 1. The first-order valence-electron chi connectivity index (χ1n) is 10.6. The van der Waals surface area contributed by atoms with E-state index in [0.717, 1.165) is 69.9 Å². The van der Waals surface area contributed by atoms with E-state index in [1.807, 2.05) is 4.90 Å². The average Bonchev–Trinajstić information content (AvgIpc) is 2.88. The van der Waals surface area contributed by atoms with Crippen molar-refractivity contribution in [2.24, 2.45) is 0 Å². The van der Waals surface area contributed by atoms with Gasteiger partial charge in [-0.2, -0.15) is 0 Å². The minimum atomic E-state index is -0.481. The molecule has 1 aromatic rings. The molecule has 1 atom stereocenters. The molecule has 2 aliphatic rings. The molecule has 0 bridgehead atoms. The highest BCUT2D eigenvalue weighted by atomic mass is 19.1. The summed E-state index contributed by atoms with van der Waals surface area (Å²) in [6.45, 7) is 6.56. The van der Waals surface area contributed by atoms with Crippen molar-refractivity contribution >= 4 is 5.91 Å². The van der Waals surface area contributed by atoms with Crippen LogP contribution in [0.25, 0.3) is 0 Å². The molecular weight excluding hydrogens is 362 g/mol. The van der Waals surface area contributed by atoms with Crippen LogP contribution in [-0.2, 0) is 22.4 Å². The summed E-state index contributed by atoms with van der Waals surface area (Å²) in [6.07, 6.45) is 6.26. The topological polar surface area (TPSA) is 32.8 Å². The Morgan fingerprint density at radius 3 is 2.93 bits per heavy atom. The van der Waals surface area contributed by atoms with Crippen LogP contribution in [0, 0.1) is 11.6 Å². The summed E-state index contributed by atoms with van der Waals surface area (Å²) in [6, 6.07) is 2.83. The van der Waals surface area contributed by atoms with Crippen molar-refractivity contribution in [1.82, 2.24) is 9.80 Å². The molecule has 1 fully saturated rings. The van der Waals surface area contributed by atoms with Gasteiger partial charge in [-0.3, -0.25) is 4.79 Å². The summed E-state index contributed by atoms with van der Waals surface area (Å²) in [5, 5.41) is 0. The minimum absolute atomic E-state index is 0.0934. The Bertz CT molecular complexity index is 668. The molecule has 0 saturated carbocycles. The van der Waals surface area contributed by atoms with Gasteiger partial charge < -0.3 is 14.5 Å². The summed E-state index contributed by atoms with van der Waals surface area (Å²) < 4.78 is 32.9. The molecule has 0 aromatic heterocycles. The van der Waals surface area contributed by atoms with E-state index in [1.165, 1.54) is 6.07 Å². The third-order valence-electron chi connectivity index (χ3n) is 5.88. The summed E-state index contributed by atoms with van der Waals surface area (Å²) >= 11 is 0. The molecule has 1 saturated heterocycles. The van der Waals surface area contributed by atoms with Crippen LogP contribution in [0.3, 0.4) is 0 Å². The molecule has 1 unspecified atom stereocenters. The van der Waals surface area contributed by atoms with Crippen molar-refractivity contribution in [2.45, 2.75) is 57.9 Å². The SMILES string of the molecule is CCCN(CCCCN1CCCOCC1=O)C1CCc2c(F)cc(F)cc2C1. The normalized spacial score (nSPS) is 20.4. The Morgan fingerprint density at radius 1 is 1.25 bits per heavy atom. The van der Waals surface area contributed by atoms with Gasteiger partial charge in [0.1, 0.15) is 18.2 Å². The van der Waals surface area contributed by atoms with Gasteiger partial charge in [-0.15, -0.1) is 0 Å². The largest absolute Gasteiger partial charge is 0.372 e. The number of halogens is 2. The quantitative estimate of drug-likeness (QED) is 0.632. The van der Waals surface area contributed by atoms with Crippen LogP contribution < -0.4 is 0 Å². The van der Waals surface area contributed by atoms with E-state index >= 15 is 0 Å². The summed E-state index contributed by atoms with van der Waals surface area (Å²) in [7, 11) is 0. The van der Waals surface area contributed by atoms with Crippen molar-refractivity contribution in [3.8, 4) is 0 Å². The lowest BCUT2D eigenvalue weighted by Gasteiger charge is -2.35. The van der Waals surface area contributed by atoms with Crippen LogP contribution in [0.15, 0.2) is 12.1 Å². The highest BCUT2D eigenvalue weighted by Gasteiger charge is 2.26. The van der Waals surface area contributed by atoms with Gasteiger partial charge in [0.15, 0.2) is 0 Å². The molecule has 0 N–H and O–H groups in total. The summed E-state index contributed by atoms with van der Waals surface area (Å²) in [5.41, 5.74) is 1.51. The predicted molar refractivity (Wildman–Crippen MR) is 105 cm³/mol. The summed E-state index contributed by atoms with van der Waals surface area (Å²) in [4.78, 5) is 16.4. The average molecular weight is 395 g/mol. The van der Waals surface area contributed by atoms with E-state index in [9.17, 15) is 13.6 Å². The number of unbranched alkanes of at least 4 members (excludes halogenated alkanes) is 1. The fourth-order valence-corrected chi connectivity index (χ4v) is 4.45. The molecule has 1 aliphatic carbocycles. The van der Waals surface area contributed by atoms with Gasteiger partial charge in [-0.05, 0) is 75.2 Å². The number of fused-ring (bicyclic) bond motifs is 1. The van der Waals surface area contributed by atoms with Crippen LogP contribution in [0.1, 0.15) is 50.2 Å². The molecule has 1 aromatic carbocycles. The number of amides is 1. The number of benzene rings is 1. The zero-order valence-electron chi connectivity index (χ0n) is 16.9. The third kappa shape index (κ3) is 5.51. The Hall–Kier alpha value is -1.53. The fourth-order valence-electron chi connectivity index (χ4n) is 4.45. The second-order valence-corrected chi connectivity index (χ2v) is 7.95. The van der Waals surface area contributed by atoms with E-state index in [0.29, 0.717) is 31.1 Å². The lowest BCUT2D eigenvalue weighted by Crippen LogP contribution is -2.41. The highest BCUT2D eigenvalue weighted by Crippen LogP contribution is 2.28. The number of nitrogens with zero attached hydrogens (tertiary/aromatic N) is 2. The molecule has 1 aliphatic heterocycles. The van der Waals surface area contributed by atoms with Crippen molar-refractivity contribution in [2.75, 3.05) is 39.4 Å². The molecule has 1 amide bonds. The van der Waals surface area contributed by atoms with Crippen LogP contribution in [0.5, 0.6) is 0 Å². The number of rotatable bonds is 8. The lowest BCUT2D eigenvalue weighted by molar-refractivity contribution is -0.133. The lowest BCUT2D eigenvalue weighted by atomic mass is 9.86. The maximum Gasteiger partial charge on any atom is 0.248 e. The molecule has 0 spiro atoms. The number of ether oxygens (including phenoxy) is 1. The first-order chi connectivity index (χ1) is 13.6. The Labute approximate surface area is 166 Å². The van der Waals surface area contributed by atoms with Crippen molar-refractivity contribution in [1.29, 1.82) is 0 Å². The van der Waals surface area contributed by atoms with Gasteiger partial charge in [0.25, 0.3) is 0 Å². The molecule has 6 heteroatoms. The van der Waals surface area contributed by atoms with E-state index in [-0.39, 0.29) is 12.5 Å². The molecular formula is C22H32F2N2O2. The molecule has 4 nitrogen and oxygen atoms in total. The second-order valence-electron chi connectivity index (χ2n) is 7.95. The Balaban J connectivity index is 1.51. The second kappa shape index (κ2) is 10.3. The van der Waals surface area contributed by atoms with Crippen LogP contribution in [-0.4, -0.2) is 61.1 Å². The zero-order chi connectivity index (χ0) is 19.9. The predicted octanol–water partition coefficient (Wildman–Crippen LogP) is 3.56. The maximum absolute atomic E-state index is 14.0. The van der Waals surface area contributed by atoms with Gasteiger partial charge in [0, 0.05) is 31.8 Å². The molecule has 0 radical (unpaired) electrons. The first kappa shape index (κ1) is 21.2. The summed E-state index contributed by atoms with van der Waals surface area (Å²) in [5.74, 6) is -0.789. The fraction of sp³-hybridized carbons (Fsp3) is 0.682. The van der Waals surface area contributed by atoms with Gasteiger partial charge >= 0.3 is 0 Å². The standard InChI is InChI=1S/C22H32F2N2O2/c1-2-8-25(9-3-4-10-26-11-5-12-28-16-22(26)27)19-6-7-20-17(14-19)13-18(23)15-21(20)24/h13,15,19H,2-12,14,16H2,1H3. The zero-order valence-corrected chi connectivity index (χ0v) is 16.9. The smallest absolute Gasteiger partial charge is 0.248 e. The van der Waals surface area contributed by atoms with E-state index < -0.39 is 11.6 Å². The van der Waals surface area contributed by atoms with E-state index in [4.69, 9.17) is 4.74 Å². The molecule has 156 valence electrons. The number of hydrogen-bond donors (Lipinski definition) is 0. The highest BCUT2D eigenvalue weighted by molar-refractivity contribution is 5.77. The van der Waals surface area contributed by atoms with Gasteiger partial charge in [-0.1, -0.05) is 6.92 Å². The van der Waals surface area contributed by atoms with Crippen molar-refractivity contribution in [3.63, 3.8) is 0 Å². The van der Waals surface area contributed by atoms with Gasteiger partial charge in [-0.25, -0.2) is 8.78 Å². The van der Waals surface area contributed by atoms with Crippen LogP contribution in [0.2, 0.25) is 0 Å². The Morgan fingerprint density at radius 2 is 2.11 bits per heavy atom. The van der Waals surface area contributed by atoms with Gasteiger partial charge in [0.05, 0.1) is 0 Å². The Kier molecular flexibility index (Phi) is 7.80. The van der Waals surface area contributed by atoms with E-state index in [1.54, 1.807) is 0 Å². The number of hydrogen-bond acceptors (Lipinski definition) is 3. The molecule has 28 heavy (non-hydrogen) atoms. The van der Waals surface area contributed by atoms with Crippen molar-refractivity contribution < 1.29 is 18.3 Å². The maximum atomic E-state index is 14.0. The van der Waals surface area contributed by atoms with Crippen LogP contribution >= 0.6 is 0 Å². The van der Waals surface area contributed by atoms with E-state index in [2.05, 4.69) is 11.8 Å². The monoisotopic (exact) mass is 394 g/mol. The molecule has 1 heterocycles. The third-order valence-corrected chi connectivity index (χ3v) is 5.88. The van der Waals surface area contributed by atoms with Gasteiger partial charge in [0.2, 0.25) is 5.91 Å². The van der Waals surface area contributed by atoms with Crippen molar-refractivity contribution in [3.05, 3.63) is 34.9 Å². The first-order valence-corrected chi connectivity index (χ1v) is 10.6. The molecule has 3 rings (SSSR count). The van der Waals surface area contributed by atoms with Crippen LogP contribution in [0.4, 0.5) is 8.78 Å². The number of carbonyl (C=O) groups is 1.